The van der Waals surface area contributed by atoms with Crippen LogP contribution in [0.25, 0.3) is 6.08 Å². The van der Waals surface area contributed by atoms with Gasteiger partial charge >= 0.3 is 0 Å². The second kappa shape index (κ2) is 7.19. The molecule has 0 amide bonds. The summed E-state index contributed by atoms with van der Waals surface area (Å²) in [7, 11) is -3.71. The van der Waals surface area contributed by atoms with Gasteiger partial charge in [0.2, 0.25) is 0 Å². The molecule has 2 aromatic rings. The summed E-state index contributed by atoms with van der Waals surface area (Å²) < 4.78 is 25.7. The molecule has 1 aromatic carbocycles. The Bertz CT molecular complexity index is 718. The highest BCUT2D eigenvalue weighted by atomic mass is 35.5. The molecule has 0 spiro atoms. The van der Waals surface area contributed by atoms with Gasteiger partial charge in [0.05, 0.1) is 10.1 Å². The second-order valence-corrected chi connectivity index (χ2v) is 6.05. The van der Waals surface area contributed by atoms with Crippen LogP contribution < -0.4 is 11.5 Å². The lowest BCUT2D eigenvalue weighted by atomic mass is 10.3. The van der Waals surface area contributed by atoms with Crippen molar-refractivity contribution in [3.05, 3.63) is 53.3 Å². The van der Waals surface area contributed by atoms with Crippen LogP contribution in [0.3, 0.4) is 0 Å². The normalized spacial score (nSPS) is 11.7. The summed E-state index contributed by atoms with van der Waals surface area (Å²) in [5, 5.41) is 0.0292. The fourth-order valence-corrected chi connectivity index (χ4v) is 3.06. The zero-order valence-electron chi connectivity index (χ0n) is 11.8. The Kier molecular flexibility index (Phi) is 5.87. The van der Waals surface area contributed by atoms with Crippen molar-refractivity contribution in [1.82, 2.24) is 3.97 Å². The molecule has 5 nitrogen and oxygen atoms in total. The van der Waals surface area contributed by atoms with E-state index in [0.717, 1.165) is 3.97 Å². The minimum absolute atomic E-state index is 0.0292. The molecule has 0 aliphatic rings. The molecule has 0 fully saturated rings. The van der Waals surface area contributed by atoms with E-state index >= 15 is 0 Å². The van der Waals surface area contributed by atoms with Gasteiger partial charge in [-0.1, -0.05) is 43.6 Å². The molecule has 0 bridgehead atoms. The average Bonchev–Trinajstić information content (AvgIpc) is 2.83. The van der Waals surface area contributed by atoms with Crippen molar-refractivity contribution < 1.29 is 8.42 Å². The van der Waals surface area contributed by atoms with Gasteiger partial charge in [0.25, 0.3) is 10.0 Å². The lowest BCUT2D eigenvalue weighted by Crippen LogP contribution is -2.14. The predicted octanol–water partition coefficient (Wildman–Crippen LogP) is 2.83. The number of rotatable bonds is 3. The van der Waals surface area contributed by atoms with Crippen molar-refractivity contribution >= 4 is 33.5 Å². The second-order valence-electron chi connectivity index (χ2n) is 3.80. The third-order valence-electron chi connectivity index (χ3n) is 2.52. The Hall–Kier alpha value is -1.92. The van der Waals surface area contributed by atoms with E-state index in [-0.39, 0.29) is 15.9 Å². The van der Waals surface area contributed by atoms with Crippen LogP contribution in [0.15, 0.2) is 52.6 Å². The monoisotopic (exact) mass is 327 g/mol. The largest absolute Gasteiger partial charge is 0.389 e. The maximum absolute atomic E-state index is 12.4. The molecule has 114 valence electrons. The van der Waals surface area contributed by atoms with Crippen LogP contribution >= 0.6 is 11.6 Å². The average molecular weight is 328 g/mol. The van der Waals surface area contributed by atoms with Crippen LogP contribution in [0, 0.1) is 0 Å². The summed E-state index contributed by atoms with van der Waals surface area (Å²) in [6.45, 7) is 4.00. The molecule has 0 aliphatic carbocycles. The van der Waals surface area contributed by atoms with Gasteiger partial charge in [0.1, 0.15) is 5.82 Å². The highest BCUT2D eigenvalue weighted by molar-refractivity contribution is 7.90. The quantitative estimate of drug-likeness (QED) is 0.848. The number of nitrogens with two attached hydrogens (primary N) is 2. The molecule has 7 heteroatoms. The molecule has 0 saturated carbocycles. The van der Waals surface area contributed by atoms with Crippen LogP contribution in [0.5, 0.6) is 0 Å². The standard InChI is InChI=1S/C12H12ClN3O2S.C2H6/c13-11(14)8-9-6-7-16(12(9)15)19(17,18)10-4-2-1-3-5-10;1-2/h1-8H,14-15H2;1-2H3/b11-8-;. The first kappa shape index (κ1) is 17.1. The maximum atomic E-state index is 12.4. The van der Waals surface area contributed by atoms with Crippen molar-refractivity contribution in [1.29, 1.82) is 0 Å². The van der Waals surface area contributed by atoms with Crippen molar-refractivity contribution in [2.45, 2.75) is 18.7 Å². The zero-order valence-corrected chi connectivity index (χ0v) is 13.4. The van der Waals surface area contributed by atoms with Gasteiger partial charge in [-0.3, -0.25) is 0 Å². The van der Waals surface area contributed by atoms with Crippen LogP contribution in [-0.4, -0.2) is 12.4 Å². The fourth-order valence-electron chi connectivity index (χ4n) is 1.63. The molecule has 0 atom stereocenters. The van der Waals surface area contributed by atoms with E-state index in [1.165, 1.54) is 30.5 Å². The lowest BCUT2D eigenvalue weighted by Gasteiger charge is -2.08. The van der Waals surface area contributed by atoms with E-state index in [0.29, 0.717) is 5.56 Å². The Morgan fingerprint density at radius 2 is 1.76 bits per heavy atom. The Balaban J connectivity index is 0.00000106. The number of nitrogens with zero attached hydrogens (tertiary/aromatic N) is 1. The summed E-state index contributed by atoms with van der Waals surface area (Å²) in [6.07, 6.45) is 2.76. The van der Waals surface area contributed by atoms with Gasteiger partial charge in [0.15, 0.2) is 0 Å². The first-order chi connectivity index (χ1) is 9.93. The molecular weight excluding hydrogens is 310 g/mol. The van der Waals surface area contributed by atoms with E-state index in [4.69, 9.17) is 23.1 Å². The van der Waals surface area contributed by atoms with E-state index < -0.39 is 10.0 Å². The number of anilines is 1. The number of benzene rings is 1. The molecule has 0 unspecified atom stereocenters. The smallest absolute Gasteiger partial charge is 0.269 e. The third-order valence-corrected chi connectivity index (χ3v) is 4.33. The predicted molar refractivity (Wildman–Crippen MR) is 87.2 cm³/mol. The molecule has 1 heterocycles. The highest BCUT2D eigenvalue weighted by Crippen LogP contribution is 2.23. The fraction of sp³-hybridized carbons (Fsp3) is 0.143. The summed E-state index contributed by atoms with van der Waals surface area (Å²) in [5.74, 6) is 0.0625. The number of hydrogen-bond donors (Lipinski definition) is 2. The van der Waals surface area contributed by atoms with Crippen LogP contribution in [0.2, 0.25) is 0 Å². The number of halogens is 1. The molecule has 0 radical (unpaired) electrons. The first-order valence-electron chi connectivity index (χ1n) is 6.33. The van der Waals surface area contributed by atoms with Crippen molar-refractivity contribution in [3.8, 4) is 0 Å². The van der Waals surface area contributed by atoms with E-state index in [1.54, 1.807) is 18.2 Å². The zero-order chi connectivity index (χ0) is 16.0. The molecule has 0 saturated heterocycles. The van der Waals surface area contributed by atoms with Crippen LogP contribution in [-0.2, 0) is 10.0 Å². The third kappa shape index (κ3) is 3.80. The van der Waals surface area contributed by atoms with E-state index in [1.807, 2.05) is 13.8 Å². The molecule has 2 rings (SSSR count). The van der Waals surface area contributed by atoms with Gasteiger partial charge in [-0.15, -0.1) is 0 Å². The van der Waals surface area contributed by atoms with Gasteiger partial charge in [-0.05, 0) is 24.3 Å². The van der Waals surface area contributed by atoms with Gasteiger partial charge < -0.3 is 11.5 Å². The maximum Gasteiger partial charge on any atom is 0.269 e. The Morgan fingerprint density at radius 1 is 1.19 bits per heavy atom. The molecule has 0 aliphatic heterocycles. The van der Waals surface area contributed by atoms with Gasteiger partial charge in [-0.2, -0.15) is 0 Å². The molecular formula is C14H18ClN3O2S. The van der Waals surface area contributed by atoms with Crippen molar-refractivity contribution in [2.75, 3.05) is 5.73 Å². The van der Waals surface area contributed by atoms with Gasteiger partial charge in [-0.25, -0.2) is 12.4 Å². The lowest BCUT2D eigenvalue weighted by molar-refractivity contribution is 0.588. The number of aromatic nitrogens is 1. The Labute approximate surface area is 129 Å². The molecule has 21 heavy (non-hydrogen) atoms. The van der Waals surface area contributed by atoms with Crippen LogP contribution in [0.4, 0.5) is 5.82 Å². The summed E-state index contributed by atoms with van der Waals surface area (Å²) >= 11 is 5.55. The van der Waals surface area contributed by atoms with Gasteiger partial charge in [0, 0.05) is 11.8 Å². The minimum Gasteiger partial charge on any atom is -0.389 e. The van der Waals surface area contributed by atoms with Crippen molar-refractivity contribution in [2.24, 2.45) is 5.73 Å². The van der Waals surface area contributed by atoms with Crippen LogP contribution in [0.1, 0.15) is 19.4 Å². The van der Waals surface area contributed by atoms with E-state index in [2.05, 4.69) is 0 Å². The summed E-state index contributed by atoms with van der Waals surface area (Å²) in [4.78, 5) is 0.159. The molecule has 1 aromatic heterocycles. The number of nitrogen functional groups attached to an aromatic ring is 1. The summed E-state index contributed by atoms with van der Waals surface area (Å²) in [6, 6.07) is 9.56. The van der Waals surface area contributed by atoms with E-state index in [9.17, 15) is 8.42 Å². The minimum atomic E-state index is -3.71. The topological polar surface area (TPSA) is 91.1 Å². The van der Waals surface area contributed by atoms with Crippen molar-refractivity contribution in [3.63, 3.8) is 0 Å². The number of hydrogen-bond acceptors (Lipinski definition) is 4. The summed E-state index contributed by atoms with van der Waals surface area (Å²) in [5.41, 5.74) is 11.6. The highest BCUT2D eigenvalue weighted by Gasteiger charge is 2.19. The SMILES string of the molecule is CC.N/C(Cl)=C\c1ccn(S(=O)(=O)c2ccccc2)c1N. The molecule has 4 N–H and O–H groups in total. The Morgan fingerprint density at radius 3 is 2.29 bits per heavy atom. The first-order valence-corrected chi connectivity index (χ1v) is 8.15.